The summed E-state index contributed by atoms with van der Waals surface area (Å²) in [4.78, 5) is 26.9. The third kappa shape index (κ3) is 5.18. The van der Waals surface area contributed by atoms with Crippen molar-refractivity contribution in [2.24, 2.45) is 0 Å². The van der Waals surface area contributed by atoms with E-state index in [-0.39, 0.29) is 5.78 Å². The van der Waals surface area contributed by atoms with Gasteiger partial charge in [0.25, 0.3) is 0 Å². The molecule has 4 nitrogen and oxygen atoms in total. The van der Waals surface area contributed by atoms with Crippen molar-refractivity contribution in [2.45, 2.75) is 0 Å². The first-order valence-corrected chi connectivity index (χ1v) is 10.2. The predicted molar refractivity (Wildman–Crippen MR) is 127 cm³/mol. The van der Waals surface area contributed by atoms with Crippen molar-refractivity contribution in [1.82, 2.24) is 0 Å². The van der Waals surface area contributed by atoms with Crippen LogP contribution in [-0.4, -0.2) is 11.9 Å². The molecule has 4 aromatic rings. The minimum Gasteiger partial charge on any atom is -0.410 e. The van der Waals surface area contributed by atoms with Crippen LogP contribution in [0.2, 0.25) is 0 Å². The Morgan fingerprint density at radius 3 is 1.66 bits per heavy atom. The van der Waals surface area contributed by atoms with Gasteiger partial charge in [-0.15, -0.1) is 0 Å². The summed E-state index contributed by atoms with van der Waals surface area (Å²) in [5.74, 6) is 0.234. The first kappa shape index (κ1) is 20.8. The predicted octanol–water partition coefficient (Wildman–Crippen LogP) is 6.92. The molecule has 0 aliphatic rings. The van der Waals surface area contributed by atoms with Crippen molar-refractivity contribution in [1.29, 1.82) is 0 Å². The minimum absolute atomic E-state index is 0.123. The van der Waals surface area contributed by atoms with Crippen LogP contribution < -0.4 is 9.64 Å². The zero-order valence-corrected chi connectivity index (χ0v) is 17.3. The fourth-order valence-corrected chi connectivity index (χ4v) is 3.18. The van der Waals surface area contributed by atoms with Gasteiger partial charge in [0.05, 0.1) is 11.4 Å². The molecule has 0 saturated heterocycles. The third-order valence-corrected chi connectivity index (χ3v) is 4.78. The molecule has 0 unspecified atom stereocenters. The molecule has 4 aromatic carbocycles. The zero-order chi connectivity index (χ0) is 22.2. The van der Waals surface area contributed by atoms with E-state index in [9.17, 15) is 9.59 Å². The molecule has 0 aliphatic heterocycles. The maximum Gasteiger partial charge on any atom is 0.424 e. The number of anilines is 2. The third-order valence-electron chi connectivity index (χ3n) is 4.78. The van der Waals surface area contributed by atoms with Crippen LogP contribution >= 0.6 is 0 Å². The number of ether oxygens (including phenoxy) is 1. The van der Waals surface area contributed by atoms with Crippen LogP contribution in [0.15, 0.2) is 121 Å². The number of nitrogens with zero attached hydrogens (tertiary/aromatic N) is 1. The lowest BCUT2D eigenvalue weighted by atomic mass is 10.1. The Balaban J connectivity index is 1.49. The van der Waals surface area contributed by atoms with Gasteiger partial charge in [0, 0.05) is 5.56 Å². The SMILES string of the molecule is O=C(/C=C/c1ccccc1)c1ccc(OC(=O)N(c2ccccc2)c2ccccc2)cc1. The summed E-state index contributed by atoms with van der Waals surface area (Å²) >= 11 is 0. The van der Waals surface area contributed by atoms with Crippen LogP contribution in [0.3, 0.4) is 0 Å². The number of amides is 1. The smallest absolute Gasteiger partial charge is 0.410 e. The Labute approximate surface area is 187 Å². The number of carbonyl (C=O) groups excluding carboxylic acids is 2. The maximum absolute atomic E-state index is 13.0. The van der Waals surface area contributed by atoms with Gasteiger partial charge in [-0.25, -0.2) is 9.69 Å². The van der Waals surface area contributed by atoms with Gasteiger partial charge in [0.1, 0.15) is 5.75 Å². The summed E-state index contributed by atoms with van der Waals surface area (Å²) in [7, 11) is 0. The van der Waals surface area contributed by atoms with Crippen LogP contribution in [0.25, 0.3) is 6.08 Å². The fourth-order valence-electron chi connectivity index (χ4n) is 3.18. The van der Waals surface area contributed by atoms with Crippen LogP contribution in [0.1, 0.15) is 15.9 Å². The molecule has 32 heavy (non-hydrogen) atoms. The highest BCUT2D eigenvalue weighted by atomic mass is 16.6. The van der Waals surface area contributed by atoms with Crippen LogP contribution in [0, 0.1) is 0 Å². The standard InChI is InChI=1S/C28H21NO3/c30-27(21-16-22-10-4-1-5-11-22)23-17-19-26(20-18-23)32-28(31)29(24-12-6-2-7-13-24)25-14-8-3-9-15-25/h1-21H/b21-16+. The zero-order valence-electron chi connectivity index (χ0n) is 17.3. The Bertz CT molecular complexity index is 1160. The van der Waals surface area contributed by atoms with E-state index >= 15 is 0 Å². The highest BCUT2D eigenvalue weighted by molar-refractivity contribution is 6.07. The summed E-state index contributed by atoms with van der Waals surface area (Å²) < 4.78 is 5.61. The minimum atomic E-state index is -0.537. The van der Waals surface area contributed by atoms with Crippen molar-refractivity contribution in [3.05, 3.63) is 132 Å². The molecule has 0 heterocycles. The van der Waals surface area contributed by atoms with Crippen LogP contribution in [0.4, 0.5) is 16.2 Å². The molecular weight excluding hydrogens is 398 g/mol. The van der Waals surface area contributed by atoms with E-state index in [2.05, 4.69) is 0 Å². The molecule has 156 valence electrons. The van der Waals surface area contributed by atoms with E-state index in [0.717, 1.165) is 5.56 Å². The molecule has 0 bridgehead atoms. The van der Waals surface area contributed by atoms with E-state index in [4.69, 9.17) is 4.74 Å². The van der Waals surface area contributed by atoms with E-state index in [0.29, 0.717) is 22.7 Å². The van der Waals surface area contributed by atoms with Crippen LogP contribution in [0.5, 0.6) is 5.75 Å². The van der Waals surface area contributed by atoms with E-state index in [1.165, 1.54) is 11.0 Å². The van der Waals surface area contributed by atoms with Gasteiger partial charge >= 0.3 is 6.09 Å². The number of hydrogen-bond donors (Lipinski definition) is 0. The van der Waals surface area contributed by atoms with E-state index < -0.39 is 6.09 Å². The fraction of sp³-hybridized carbons (Fsp3) is 0. The van der Waals surface area contributed by atoms with Gasteiger partial charge in [0.15, 0.2) is 5.78 Å². The van der Waals surface area contributed by atoms with E-state index in [1.807, 2.05) is 91.0 Å². The van der Waals surface area contributed by atoms with Gasteiger partial charge in [-0.1, -0.05) is 72.8 Å². The lowest BCUT2D eigenvalue weighted by Crippen LogP contribution is -2.29. The molecule has 0 radical (unpaired) electrons. The Morgan fingerprint density at radius 1 is 0.625 bits per heavy atom. The first-order valence-electron chi connectivity index (χ1n) is 10.2. The summed E-state index contributed by atoms with van der Waals surface area (Å²) in [6.07, 6.45) is 2.77. The highest BCUT2D eigenvalue weighted by Crippen LogP contribution is 2.26. The Hall–Kier alpha value is -4.44. The van der Waals surface area contributed by atoms with Gasteiger partial charge in [0.2, 0.25) is 0 Å². The summed E-state index contributed by atoms with van der Waals surface area (Å²) in [6, 6.07) is 34.8. The summed E-state index contributed by atoms with van der Waals surface area (Å²) in [5, 5.41) is 0. The summed E-state index contributed by atoms with van der Waals surface area (Å²) in [6.45, 7) is 0. The highest BCUT2D eigenvalue weighted by Gasteiger charge is 2.20. The van der Waals surface area contributed by atoms with Gasteiger partial charge in [-0.05, 0) is 60.2 Å². The van der Waals surface area contributed by atoms with Crippen molar-refractivity contribution in [2.75, 3.05) is 4.90 Å². The van der Waals surface area contributed by atoms with Gasteiger partial charge < -0.3 is 4.74 Å². The quantitative estimate of drug-likeness (QED) is 0.252. The first-order chi connectivity index (χ1) is 15.7. The van der Waals surface area contributed by atoms with Crippen LogP contribution in [-0.2, 0) is 0 Å². The average Bonchev–Trinajstić information content (AvgIpc) is 2.85. The normalized spacial score (nSPS) is 10.6. The van der Waals surface area contributed by atoms with Crippen molar-refractivity contribution >= 4 is 29.3 Å². The number of hydrogen-bond acceptors (Lipinski definition) is 3. The second-order valence-corrected chi connectivity index (χ2v) is 7.01. The molecule has 4 rings (SSSR count). The number of carbonyl (C=O) groups is 2. The number of ketones is 1. The summed E-state index contributed by atoms with van der Waals surface area (Å²) in [5.41, 5.74) is 2.86. The molecule has 0 aromatic heterocycles. The van der Waals surface area contributed by atoms with E-state index in [1.54, 1.807) is 30.3 Å². The molecule has 0 atom stereocenters. The van der Waals surface area contributed by atoms with Gasteiger partial charge in [-0.3, -0.25) is 4.79 Å². The topological polar surface area (TPSA) is 46.6 Å². The molecule has 0 aliphatic carbocycles. The molecule has 0 N–H and O–H groups in total. The second kappa shape index (κ2) is 10.0. The Morgan fingerprint density at radius 2 is 1.12 bits per heavy atom. The number of benzene rings is 4. The number of para-hydroxylation sites is 2. The largest absolute Gasteiger partial charge is 0.424 e. The maximum atomic E-state index is 13.0. The molecule has 1 amide bonds. The Kier molecular flexibility index (Phi) is 6.54. The van der Waals surface area contributed by atoms with Crippen molar-refractivity contribution in [3.63, 3.8) is 0 Å². The molecule has 0 spiro atoms. The monoisotopic (exact) mass is 419 g/mol. The molecule has 0 saturated carbocycles. The van der Waals surface area contributed by atoms with Crippen molar-refractivity contribution < 1.29 is 14.3 Å². The molecule has 0 fully saturated rings. The molecule has 4 heteroatoms. The van der Waals surface area contributed by atoms with Gasteiger partial charge in [-0.2, -0.15) is 0 Å². The second-order valence-electron chi connectivity index (χ2n) is 7.01. The number of rotatable bonds is 6. The molecular formula is C28H21NO3. The lowest BCUT2D eigenvalue weighted by Gasteiger charge is -2.22. The van der Waals surface area contributed by atoms with Crippen molar-refractivity contribution in [3.8, 4) is 5.75 Å². The lowest BCUT2D eigenvalue weighted by molar-refractivity contribution is 0.104. The number of allylic oxidation sites excluding steroid dienone is 1. The average molecular weight is 419 g/mol.